The molecule has 18 heavy (non-hydrogen) atoms. The summed E-state index contributed by atoms with van der Waals surface area (Å²) < 4.78 is 28.9. The molecule has 1 aromatic carbocycles. The van der Waals surface area contributed by atoms with E-state index < -0.39 is 6.61 Å². The molecule has 0 aromatic heterocycles. The van der Waals surface area contributed by atoms with Gasteiger partial charge in [-0.25, -0.2) is 0 Å². The first kappa shape index (κ1) is 13.3. The third kappa shape index (κ3) is 3.19. The van der Waals surface area contributed by atoms with Crippen LogP contribution in [0.25, 0.3) is 0 Å². The highest BCUT2D eigenvalue weighted by molar-refractivity contribution is 5.38. The van der Waals surface area contributed by atoms with Crippen molar-refractivity contribution in [2.75, 3.05) is 6.54 Å². The molecule has 1 aliphatic heterocycles. The van der Waals surface area contributed by atoms with Gasteiger partial charge < -0.3 is 10.1 Å². The molecule has 0 saturated carbocycles. The van der Waals surface area contributed by atoms with E-state index in [2.05, 4.69) is 23.9 Å². The van der Waals surface area contributed by atoms with E-state index >= 15 is 0 Å². The monoisotopic (exact) mass is 255 g/mol. The van der Waals surface area contributed by atoms with Crippen LogP contribution in [0, 0.1) is 5.92 Å². The van der Waals surface area contributed by atoms with Crippen LogP contribution in [0.5, 0.6) is 5.75 Å². The van der Waals surface area contributed by atoms with Crippen LogP contribution >= 0.6 is 0 Å². The van der Waals surface area contributed by atoms with E-state index in [4.69, 9.17) is 0 Å². The minimum atomic E-state index is -2.76. The lowest BCUT2D eigenvalue weighted by atomic mass is 9.91. The Hall–Kier alpha value is -1.16. The highest BCUT2D eigenvalue weighted by atomic mass is 19.3. The molecule has 0 saturated heterocycles. The molecule has 1 heterocycles. The SMILES string of the molecule is CC1CCc2ccc(OC(F)F)cc2C(C)NC1. The van der Waals surface area contributed by atoms with Crippen LogP contribution in [0.2, 0.25) is 0 Å². The van der Waals surface area contributed by atoms with Crippen molar-refractivity contribution in [3.63, 3.8) is 0 Å². The molecule has 2 unspecified atom stereocenters. The molecule has 1 N–H and O–H groups in total. The Morgan fingerprint density at radius 3 is 2.83 bits per heavy atom. The van der Waals surface area contributed by atoms with Crippen molar-refractivity contribution in [1.29, 1.82) is 0 Å². The number of ether oxygens (including phenoxy) is 1. The molecule has 0 amide bonds. The topological polar surface area (TPSA) is 21.3 Å². The first-order chi connectivity index (χ1) is 8.56. The van der Waals surface area contributed by atoms with Gasteiger partial charge in [0, 0.05) is 6.04 Å². The summed E-state index contributed by atoms with van der Waals surface area (Å²) in [5, 5.41) is 3.43. The molecule has 2 atom stereocenters. The minimum Gasteiger partial charge on any atom is -0.435 e. The predicted molar refractivity (Wildman–Crippen MR) is 67.0 cm³/mol. The molecule has 0 aliphatic carbocycles. The van der Waals surface area contributed by atoms with Gasteiger partial charge in [0.25, 0.3) is 0 Å². The predicted octanol–water partition coefficient (Wildman–Crippen LogP) is 3.52. The largest absolute Gasteiger partial charge is 0.435 e. The molecule has 1 aliphatic rings. The summed E-state index contributed by atoms with van der Waals surface area (Å²) in [5.41, 5.74) is 2.29. The number of aryl methyl sites for hydroxylation is 1. The number of hydrogen-bond acceptors (Lipinski definition) is 2. The van der Waals surface area contributed by atoms with Crippen molar-refractivity contribution in [1.82, 2.24) is 5.32 Å². The first-order valence-corrected chi connectivity index (χ1v) is 6.37. The Morgan fingerprint density at radius 1 is 1.33 bits per heavy atom. The summed E-state index contributed by atoms with van der Waals surface area (Å²) >= 11 is 0. The van der Waals surface area contributed by atoms with Crippen LogP contribution in [-0.4, -0.2) is 13.2 Å². The third-order valence-electron chi connectivity index (χ3n) is 3.49. The zero-order valence-electron chi connectivity index (χ0n) is 10.7. The molecule has 0 bridgehead atoms. The maximum atomic E-state index is 12.2. The first-order valence-electron chi connectivity index (χ1n) is 6.37. The summed E-state index contributed by atoms with van der Waals surface area (Å²) in [5.74, 6) is 0.878. The van der Waals surface area contributed by atoms with Crippen molar-refractivity contribution in [3.8, 4) is 5.75 Å². The number of hydrogen-bond donors (Lipinski definition) is 1. The second-order valence-corrected chi connectivity index (χ2v) is 5.01. The molecule has 100 valence electrons. The molecule has 2 rings (SSSR count). The molecular weight excluding hydrogens is 236 g/mol. The Morgan fingerprint density at radius 2 is 2.11 bits per heavy atom. The summed E-state index contributed by atoms with van der Waals surface area (Å²) in [6.07, 6.45) is 2.11. The number of halogens is 2. The summed E-state index contributed by atoms with van der Waals surface area (Å²) in [6.45, 7) is 2.47. The van der Waals surface area contributed by atoms with Gasteiger partial charge in [0.2, 0.25) is 0 Å². The van der Waals surface area contributed by atoms with Crippen LogP contribution in [0.3, 0.4) is 0 Å². The quantitative estimate of drug-likeness (QED) is 0.873. The molecule has 0 fully saturated rings. The second-order valence-electron chi connectivity index (χ2n) is 5.01. The average molecular weight is 255 g/mol. The van der Waals surface area contributed by atoms with E-state index in [1.54, 1.807) is 12.1 Å². The van der Waals surface area contributed by atoms with Gasteiger partial charge in [0.05, 0.1) is 0 Å². The lowest BCUT2D eigenvalue weighted by molar-refractivity contribution is -0.0499. The highest BCUT2D eigenvalue weighted by Crippen LogP contribution is 2.28. The number of rotatable bonds is 2. The Balaban J connectivity index is 2.25. The fourth-order valence-electron chi connectivity index (χ4n) is 2.37. The summed E-state index contributed by atoms with van der Waals surface area (Å²) in [7, 11) is 0. The van der Waals surface area contributed by atoms with E-state index in [1.165, 1.54) is 5.56 Å². The lowest BCUT2D eigenvalue weighted by Crippen LogP contribution is -2.27. The van der Waals surface area contributed by atoms with Crippen molar-refractivity contribution in [3.05, 3.63) is 29.3 Å². The minimum absolute atomic E-state index is 0.170. The van der Waals surface area contributed by atoms with Crippen LogP contribution in [0.4, 0.5) is 8.78 Å². The zero-order valence-corrected chi connectivity index (χ0v) is 10.7. The van der Waals surface area contributed by atoms with E-state index in [1.807, 2.05) is 6.07 Å². The van der Waals surface area contributed by atoms with Crippen molar-refractivity contribution in [2.45, 2.75) is 39.3 Å². The molecule has 2 nitrogen and oxygen atoms in total. The maximum absolute atomic E-state index is 12.2. The lowest BCUT2D eigenvalue weighted by Gasteiger charge is -2.25. The van der Waals surface area contributed by atoms with Gasteiger partial charge in [-0.1, -0.05) is 13.0 Å². The number of nitrogens with one attached hydrogen (secondary N) is 1. The molecular formula is C14H19F2NO. The number of benzene rings is 1. The molecule has 4 heteroatoms. The van der Waals surface area contributed by atoms with E-state index in [0.717, 1.165) is 24.9 Å². The van der Waals surface area contributed by atoms with E-state index in [0.29, 0.717) is 5.92 Å². The maximum Gasteiger partial charge on any atom is 0.387 e. The van der Waals surface area contributed by atoms with Crippen molar-refractivity contribution < 1.29 is 13.5 Å². The van der Waals surface area contributed by atoms with Gasteiger partial charge in [0.15, 0.2) is 0 Å². The van der Waals surface area contributed by atoms with Gasteiger partial charge in [-0.05, 0) is 55.5 Å². The Kier molecular flexibility index (Phi) is 4.17. The molecule has 1 aromatic rings. The van der Waals surface area contributed by atoms with Crippen molar-refractivity contribution >= 4 is 0 Å². The van der Waals surface area contributed by atoms with Gasteiger partial charge >= 0.3 is 6.61 Å². The van der Waals surface area contributed by atoms with Crippen LogP contribution in [0.15, 0.2) is 18.2 Å². The average Bonchev–Trinajstić information content (AvgIpc) is 2.32. The Bertz CT molecular complexity index is 409. The summed E-state index contributed by atoms with van der Waals surface area (Å²) in [4.78, 5) is 0. The highest BCUT2D eigenvalue weighted by Gasteiger charge is 2.17. The fraction of sp³-hybridized carbons (Fsp3) is 0.571. The molecule has 0 spiro atoms. The van der Waals surface area contributed by atoms with Gasteiger partial charge in [-0.3, -0.25) is 0 Å². The van der Waals surface area contributed by atoms with Crippen LogP contribution in [0.1, 0.15) is 37.4 Å². The van der Waals surface area contributed by atoms with Gasteiger partial charge in [-0.15, -0.1) is 0 Å². The second kappa shape index (κ2) is 5.65. The third-order valence-corrected chi connectivity index (χ3v) is 3.49. The molecule has 0 radical (unpaired) electrons. The van der Waals surface area contributed by atoms with Gasteiger partial charge in [0.1, 0.15) is 5.75 Å². The van der Waals surface area contributed by atoms with Gasteiger partial charge in [-0.2, -0.15) is 8.78 Å². The zero-order chi connectivity index (χ0) is 13.1. The van der Waals surface area contributed by atoms with E-state index in [9.17, 15) is 8.78 Å². The smallest absolute Gasteiger partial charge is 0.387 e. The normalized spacial score (nSPS) is 24.3. The fourth-order valence-corrected chi connectivity index (χ4v) is 2.37. The standard InChI is InChI=1S/C14H19F2NO/c1-9-3-4-11-5-6-12(18-14(15)16)7-13(11)10(2)17-8-9/h5-7,9-10,14,17H,3-4,8H2,1-2H3. The summed E-state index contributed by atoms with van der Waals surface area (Å²) in [6, 6.07) is 5.44. The Labute approximate surface area is 106 Å². The van der Waals surface area contributed by atoms with Crippen LogP contribution < -0.4 is 10.1 Å². The van der Waals surface area contributed by atoms with E-state index in [-0.39, 0.29) is 11.8 Å². The van der Waals surface area contributed by atoms with Crippen molar-refractivity contribution in [2.24, 2.45) is 5.92 Å². The van der Waals surface area contributed by atoms with Crippen LogP contribution in [-0.2, 0) is 6.42 Å². The number of alkyl halides is 2. The number of fused-ring (bicyclic) bond motifs is 1.